The third-order valence-electron chi connectivity index (χ3n) is 2.25. The maximum atomic E-state index is 12.8. The molecule has 0 saturated heterocycles. The monoisotopic (exact) mass is 286 g/mol. The molecule has 0 aromatic heterocycles. The molecule has 0 bridgehead atoms. The van der Waals surface area contributed by atoms with Gasteiger partial charge in [0.2, 0.25) is 0 Å². The van der Waals surface area contributed by atoms with Gasteiger partial charge >= 0.3 is 18.0 Å². The normalized spacial score (nSPS) is 15.8. The minimum atomic E-state index is -6.37. The number of alkyl halides is 7. The van der Waals surface area contributed by atoms with Gasteiger partial charge in [0.25, 0.3) is 0 Å². The Morgan fingerprint density at radius 3 is 1.78 bits per heavy atom. The van der Waals surface area contributed by atoms with Gasteiger partial charge in [-0.05, 0) is 19.3 Å². The van der Waals surface area contributed by atoms with Crippen LogP contribution in [0.1, 0.15) is 25.7 Å². The van der Waals surface area contributed by atoms with E-state index in [0.717, 1.165) is 0 Å². The largest absolute Gasteiger partial charge is 0.459 e. The van der Waals surface area contributed by atoms with Crippen LogP contribution in [0.5, 0.6) is 0 Å². The molecular formula is C9H13F7O2. The Bertz CT molecular complexity index is 252. The number of unbranched alkanes of at least 4 members (excludes halogenated alkanes) is 1. The number of hydrogen-bond acceptors (Lipinski definition) is 2. The summed E-state index contributed by atoms with van der Waals surface area (Å²) in [5.41, 5.74) is 0. The highest BCUT2D eigenvalue weighted by atomic mass is 19.4. The summed E-state index contributed by atoms with van der Waals surface area (Å²) in [4.78, 5) is 0. The molecule has 9 heteroatoms. The molecule has 0 aromatic rings. The zero-order valence-electron chi connectivity index (χ0n) is 9.15. The van der Waals surface area contributed by atoms with Gasteiger partial charge in [-0.1, -0.05) is 0 Å². The van der Waals surface area contributed by atoms with Crippen molar-refractivity contribution in [1.29, 1.82) is 0 Å². The van der Waals surface area contributed by atoms with E-state index in [1.165, 1.54) is 0 Å². The molecule has 0 rings (SSSR count). The quantitative estimate of drug-likeness (QED) is 0.558. The van der Waals surface area contributed by atoms with Gasteiger partial charge in [-0.25, -0.2) is 0 Å². The number of aliphatic hydroxyl groups is 2. The first kappa shape index (κ1) is 17.4. The second kappa shape index (κ2) is 6.05. The zero-order valence-corrected chi connectivity index (χ0v) is 9.15. The SMILES string of the molecule is OCCCCC(O)CC(F)(F)C(F)(F)C(F)(F)F. The van der Waals surface area contributed by atoms with Crippen molar-refractivity contribution in [2.45, 2.75) is 49.8 Å². The van der Waals surface area contributed by atoms with Crippen LogP contribution < -0.4 is 0 Å². The number of hydrogen-bond donors (Lipinski definition) is 2. The Morgan fingerprint density at radius 1 is 0.889 bits per heavy atom. The number of aliphatic hydroxyl groups excluding tert-OH is 2. The fourth-order valence-corrected chi connectivity index (χ4v) is 1.23. The molecule has 0 radical (unpaired) electrons. The Kier molecular flexibility index (Phi) is 5.86. The van der Waals surface area contributed by atoms with Gasteiger partial charge in [-0.3, -0.25) is 0 Å². The molecule has 2 nitrogen and oxygen atoms in total. The van der Waals surface area contributed by atoms with Gasteiger partial charge in [-0.2, -0.15) is 30.7 Å². The summed E-state index contributed by atoms with van der Waals surface area (Å²) in [5, 5.41) is 17.3. The summed E-state index contributed by atoms with van der Waals surface area (Å²) in [6, 6.07) is 0. The van der Waals surface area contributed by atoms with Crippen LogP contribution in [0.3, 0.4) is 0 Å². The van der Waals surface area contributed by atoms with Crippen molar-refractivity contribution in [3.63, 3.8) is 0 Å². The molecule has 0 fully saturated rings. The molecule has 0 aliphatic carbocycles. The summed E-state index contributed by atoms with van der Waals surface area (Å²) in [7, 11) is 0. The van der Waals surface area contributed by atoms with E-state index in [9.17, 15) is 30.7 Å². The number of rotatable bonds is 7. The molecule has 0 saturated carbocycles. The van der Waals surface area contributed by atoms with Crippen molar-refractivity contribution in [2.24, 2.45) is 0 Å². The first-order chi connectivity index (χ1) is 7.95. The van der Waals surface area contributed by atoms with E-state index >= 15 is 0 Å². The van der Waals surface area contributed by atoms with Crippen LogP contribution in [0.2, 0.25) is 0 Å². The van der Waals surface area contributed by atoms with Crippen molar-refractivity contribution in [3.05, 3.63) is 0 Å². The maximum absolute atomic E-state index is 12.8. The van der Waals surface area contributed by atoms with Gasteiger partial charge in [0.1, 0.15) is 0 Å². The second-order valence-electron chi connectivity index (χ2n) is 3.85. The summed E-state index contributed by atoms with van der Waals surface area (Å²) in [6.07, 6.45) is -10.5. The molecule has 0 aromatic carbocycles. The van der Waals surface area contributed by atoms with Gasteiger partial charge in [0.05, 0.1) is 6.10 Å². The van der Waals surface area contributed by atoms with Gasteiger partial charge in [-0.15, -0.1) is 0 Å². The van der Waals surface area contributed by atoms with E-state index in [1.807, 2.05) is 0 Å². The minimum absolute atomic E-state index is 0.0470. The van der Waals surface area contributed by atoms with E-state index in [2.05, 4.69) is 0 Å². The van der Waals surface area contributed by atoms with Gasteiger partial charge in [0.15, 0.2) is 0 Å². The Hall–Kier alpha value is -0.570. The molecular weight excluding hydrogens is 273 g/mol. The van der Waals surface area contributed by atoms with Gasteiger partial charge < -0.3 is 10.2 Å². The first-order valence-corrected chi connectivity index (χ1v) is 5.07. The fourth-order valence-electron chi connectivity index (χ4n) is 1.23. The second-order valence-corrected chi connectivity index (χ2v) is 3.85. The van der Waals surface area contributed by atoms with E-state index < -0.39 is 30.5 Å². The molecule has 2 N–H and O–H groups in total. The summed E-state index contributed by atoms with van der Waals surface area (Å²) >= 11 is 0. The molecule has 0 aliphatic rings. The van der Waals surface area contributed by atoms with Gasteiger partial charge in [0, 0.05) is 13.0 Å². The van der Waals surface area contributed by atoms with Crippen LogP contribution >= 0.6 is 0 Å². The minimum Gasteiger partial charge on any atom is -0.396 e. The molecule has 0 amide bonds. The lowest BCUT2D eigenvalue weighted by atomic mass is 10.0. The molecule has 18 heavy (non-hydrogen) atoms. The first-order valence-electron chi connectivity index (χ1n) is 5.07. The highest BCUT2D eigenvalue weighted by Gasteiger charge is 2.72. The van der Waals surface area contributed by atoms with Crippen molar-refractivity contribution in [2.75, 3.05) is 6.61 Å². The van der Waals surface area contributed by atoms with Crippen LogP contribution in [-0.4, -0.2) is 40.9 Å². The topological polar surface area (TPSA) is 40.5 Å². The Morgan fingerprint density at radius 2 is 1.39 bits per heavy atom. The lowest BCUT2D eigenvalue weighted by molar-refractivity contribution is -0.358. The standard InChI is InChI=1S/C9H13F7O2/c10-7(11,8(12,13)9(14,15)16)5-6(18)3-1-2-4-17/h6,17-18H,1-5H2. The Balaban J connectivity index is 4.55. The predicted molar refractivity (Wildman–Crippen MR) is 47.5 cm³/mol. The van der Waals surface area contributed by atoms with E-state index in [0.29, 0.717) is 0 Å². The highest BCUT2D eigenvalue weighted by molar-refractivity contribution is 4.92. The smallest absolute Gasteiger partial charge is 0.396 e. The van der Waals surface area contributed by atoms with Crippen LogP contribution in [0.15, 0.2) is 0 Å². The average Bonchev–Trinajstić information content (AvgIpc) is 2.15. The van der Waals surface area contributed by atoms with E-state index in [1.54, 1.807) is 0 Å². The molecule has 0 heterocycles. The van der Waals surface area contributed by atoms with Crippen molar-refractivity contribution >= 4 is 0 Å². The third kappa shape index (κ3) is 4.27. The highest BCUT2D eigenvalue weighted by Crippen LogP contribution is 2.48. The summed E-state index contributed by atoms with van der Waals surface area (Å²) in [6.45, 7) is -0.290. The van der Waals surface area contributed by atoms with Crippen LogP contribution in [0.25, 0.3) is 0 Å². The summed E-state index contributed by atoms with van der Waals surface area (Å²) in [5.74, 6) is -11.6. The van der Waals surface area contributed by atoms with E-state index in [-0.39, 0.29) is 25.9 Å². The number of halogens is 7. The molecule has 1 atom stereocenters. The van der Waals surface area contributed by atoms with Crippen molar-refractivity contribution in [1.82, 2.24) is 0 Å². The fraction of sp³-hybridized carbons (Fsp3) is 1.00. The zero-order chi connectivity index (χ0) is 14.6. The lowest BCUT2D eigenvalue weighted by Gasteiger charge is -2.29. The lowest BCUT2D eigenvalue weighted by Crippen LogP contribution is -2.53. The molecule has 0 aliphatic heterocycles. The van der Waals surface area contributed by atoms with E-state index in [4.69, 9.17) is 10.2 Å². The Labute approximate surface area is 98.4 Å². The van der Waals surface area contributed by atoms with Crippen LogP contribution in [-0.2, 0) is 0 Å². The molecule has 1 unspecified atom stereocenters. The maximum Gasteiger partial charge on any atom is 0.459 e. The third-order valence-corrected chi connectivity index (χ3v) is 2.25. The average molecular weight is 286 g/mol. The molecule has 0 spiro atoms. The molecule has 110 valence electrons. The predicted octanol–water partition coefficient (Wildman–Crippen LogP) is 2.73. The van der Waals surface area contributed by atoms with Crippen molar-refractivity contribution < 1.29 is 40.9 Å². The van der Waals surface area contributed by atoms with Crippen molar-refractivity contribution in [3.8, 4) is 0 Å². The van der Waals surface area contributed by atoms with Crippen LogP contribution in [0, 0.1) is 0 Å². The summed E-state index contributed by atoms with van der Waals surface area (Å²) < 4.78 is 85.6. The van der Waals surface area contributed by atoms with Crippen LogP contribution in [0.4, 0.5) is 30.7 Å².